The molecule has 0 aliphatic carbocycles. The summed E-state index contributed by atoms with van der Waals surface area (Å²) in [5.41, 5.74) is 0. The van der Waals surface area contributed by atoms with E-state index in [-0.39, 0.29) is 6.03 Å². The monoisotopic (exact) mass is 197 g/mol. The van der Waals surface area contributed by atoms with Gasteiger partial charge in [-0.05, 0) is 19.3 Å². The largest absolute Gasteiger partial charge is 0.338 e. The summed E-state index contributed by atoms with van der Waals surface area (Å²) in [6, 6.07) is 0.0233. The number of nitrogens with zero attached hydrogens (tertiary/aromatic N) is 2. The third-order valence-corrected chi connectivity index (χ3v) is 2.18. The normalized spacial score (nSPS) is 16.0. The minimum absolute atomic E-state index is 0.0233. The van der Waals surface area contributed by atoms with Gasteiger partial charge in [0.25, 0.3) is 0 Å². The van der Waals surface area contributed by atoms with Gasteiger partial charge in [-0.25, -0.2) is 14.6 Å². The maximum Gasteiger partial charge on any atom is 0.317 e. The number of isocyanates is 1. The number of carbonyl (C=O) groups excluding carboxylic acids is 2. The quantitative estimate of drug-likeness (QED) is 0.396. The van der Waals surface area contributed by atoms with Crippen molar-refractivity contribution in [3.8, 4) is 0 Å². The molecule has 1 heterocycles. The van der Waals surface area contributed by atoms with Crippen LogP contribution in [-0.2, 0) is 4.79 Å². The smallest absolute Gasteiger partial charge is 0.317 e. The number of unbranched alkanes of at least 4 members (excludes halogenated alkanes) is 1. The molecule has 1 aliphatic heterocycles. The molecule has 0 saturated carbocycles. The van der Waals surface area contributed by atoms with E-state index in [0.29, 0.717) is 6.54 Å². The fraction of sp³-hybridized carbons (Fsp3) is 0.778. The Morgan fingerprint density at radius 2 is 2.36 bits per heavy atom. The van der Waals surface area contributed by atoms with Crippen LogP contribution < -0.4 is 5.32 Å². The maximum atomic E-state index is 11.2. The minimum Gasteiger partial charge on any atom is -0.338 e. The summed E-state index contributed by atoms with van der Waals surface area (Å²) < 4.78 is 0. The lowest BCUT2D eigenvalue weighted by molar-refractivity contribution is 0.185. The SMILES string of the molecule is O=C=NCCCCN1CCCNC1=O. The molecule has 0 radical (unpaired) electrons. The van der Waals surface area contributed by atoms with Gasteiger partial charge in [0, 0.05) is 19.6 Å². The fourth-order valence-electron chi connectivity index (χ4n) is 1.43. The molecule has 0 atom stereocenters. The first-order valence-corrected chi connectivity index (χ1v) is 4.91. The van der Waals surface area contributed by atoms with Crippen LogP contribution in [0.5, 0.6) is 0 Å². The standard InChI is InChI=1S/C9H15N3O2/c13-8-10-4-1-2-6-12-7-3-5-11-9(12)14/h1-7H2,(H,11,14). The highest BCUT2D eigenvalue weighted by Gasteiger charge is 2.15. The van der Waals surface area contributed by atoms with Crippen LogP contribution in [0.15, 0.2) is 4.99 Å². The molecule has 0 unspecified atom stereocenters. The average molecular weight is 197 g/mol. The van der Waals surface area contributed by atoms with Gasteiger partial charge in [0.05, 0.1) is 6.54 Å². The molecule has 1 aliphatic rings. The summed E-state index contributed by atoms with van der Waals surface area (Å²) in [5, 5.41) is 2.79. The number of nitrogens with one attached hydrogen (secondary N) is 1. The Morgan fingerprint density at radius 3 is 3.07 bits per heavy atom. The Balaban J connectivity index is 2.10. The number of aliphatic imine (C=N–C) groups is 1. The van der Waals surface area contributed by atoms with Crippen LogP contribution in [0.25, 0.3) is 0 Å². The molecule has 5 nitrogen and oxygen atoms in total. The highest BCUT2D eigenvalue weighted by Crippen LogP contribution is 2.01. The molecule has 78 valence electrons. The Hall–Kier alpha value is -1.35. The zero-order valence-corrected chi connectivity index (χ0v) is 8.16. The summed E-state index contributed by atoms with van der Waals surface area (Å²) in [6.45, 7) is 2.88. The van der Waals surface area contributed by atoms with Crippen molar-refractivity contribution >= 4 is 12.1 Å². The predicted molar refractivity (Wildman–Crippen MR) is 51.8 cm³/mol. The number of hydrogen-bond acceptors (Lipinski definition) is 3. The Morgan fingerprint density at radius 1 is 1.50 bits per heavy atom. The first-order valence-electron chi connectivity index (χ1n) is 4.91. The first-order chi connectivity index (χ1) is 6.84. The van der Waals surface area contributed by atoms with E-state index in [4.69, 9.17) is 0 Å². The van der Waals surface area contributed by atoms with E-state index in [9.17, 15) is 9.59 Å². The van der Waals surface area contributed by atoms with Crippen LogP contribution in [0, 0.1) is 0 Å². The highest BCUT2D eigenvalue weighted by molar-refractivity contribution is 5.74. The molecule has 14 heavy (non-hydrogen) atoms. The van der Waals surface area contributed by atoms with Gasteiger partial charge in [0.15, 0.2) is 0 Å². The molecule has 5 heteroatoms. The molecule has 1 fully saturated rings. The third-order valence-electron chi connectivity index (χ3n) is 2.18. The van der Waals surface area contributed by atoms with E-state index < -0.39 is 0 Å². The van der Waals surface area contributed by atoms with Crippen molar-refractivity contribution in [2.75, 3.05) is 26.2 Å². The van der Waals surface area contributed by atoms with Crippen molar-refractivity contribution < 1.29 is 9.59 Å². The molecule has 0 aromatic rings. The van der Waals surface area contributed by atoms with Gasteiger partial charge in [-0.3, -0.25) is 0 Å². The lowest BCUT2D eigenvalue weighted by Gasteiger charge is -2.27. The van der Waals surface area contributed by atoms with E-state index in [1.165, 1.54) is 6.08 Å². The van der Waals surface area contributed by atoms with Crippen LogP contribution in [-0.4, -0.2) is 43.2 Å². The van der Waals surface area contributed by atoms with Gasteiger partial charge in [0.1, 0.15) is 0 Å². The lowest BCUT2D eigenvalue weighted by Crippen LogP contribution is -2.46. The highest BCUT2D eigenvalue weighted by atomic mass is 16.2. The number of rotatable bonds is 5. The van der Waals surface area contributed by atoms with Crippen molar-refractivity contribution in [2.45, 2.75) is 19.3 Å². The van der Waals surface area contributed by atoms with Crippen molar-refractivity contribution in [1.82, 2.24) is 10.2 Å². The third kappa shape index (κ3) is 3.58. The molecular formula is C9H15N3O2. The van der Waals surface area contributed by atoms with Gasteiger partial charge >= 0.3 is 6.03 Å². The molecular weight excluding hydrogens is 182 g/mol. The van der Waals surface area contributed by atoms with Crippen molar-refractivity contribution in [3.05, 3.63) is 0 Å². The molecule has 0 aromatic heterocycles. The van der Waals surface area contributed by atoms with Crippen molar-refractivity contribution in [3.63, 3.8) is 0 Å². The average Bonchev–Trinajstić information content (AvgIpc) is 2.20. The number of urea groups is 1. The molecule has 0 aromatic carbocycles. The maximum absolute atomic E-state index is 11.2. The molecule has 2 amide bonds. The number of carbonyl (C=O) groups is 1. The molecule has 1 N–H and O–H groups in total. The van der Waals surface area contributed by atoms with Crippen LogP contribution >= 0.6 is 0 Å². The predicted octanol–water partition coefficient (Wildman–Crippen LogP) is 0.518. The Labute approximate surface area is 83.2 Å². The van der Waals surface area contributed by atoms with Crippen LogP contribution in [0.1, 0.15) is 19.3 Å². The number of amides is 2. The van der Waals surface area contributed by atoms with Crippen LogP contribution in [0.4, 0.5) is 4.79 Å². The van der Waals surface area contributed by atoms with Gasteiger partial charge in [-0.2, -0.15) is 0 Å². The van der Waals surface area contributed by atoms with Crippen LogP contribution in [0.3, 0.4) is 0 Å². The summed E-state index contributed by atoms with van der Waals surface area (Å²) >= 11 is 0. The van der Waals surface area contributed by atoms with Crippen molar-refractivity contribution in [2.24, 2.45) is 4.99 Å². The summed E-state index contributed by atoms with van der Waals surface area (Å²) in [7, 11) is 0. The van der Waals surface area contributed by atoms with E-state index >= 15 is 0 Å². The van der Waals surface area contributed by atoms with E-state index in [1.807, 2.05) is 0 Å². The Kier molecular flexibility index (Phi) is 4.72. The minimum atomic E-state index is 0.0233. The second-order valence-corrected chi connectivity index (χ2v) is 3.25. The Bertz CT molecular complexity index is 236. The topological polar surface area (TPSA) is 61.8 Å². The second kappa shape index (κ2) is 6.16. The number of hydrogen-bond donors (Lipinski definition) is 1. The van der Waals surface area contributed by atoms with Gasteiger partial charge in [0.2, 0.25) is 6.08 Å². The fourth-order valence-corrected chi connectivity index (χ4v) is 1.43. The van der Waals surface area contributed by atoms with E-state index in [1.54, 1.807) is 4.90 Å². The van der Waals surface area contributed by atoms with E-state index in [0.717, 1.165) is 38.9 Å². The van der Waals surface area contributed by atoms with Crippen molar-refractivity contribution in [1.29, 1.82) is 0 Å². The summed E-state index contributed by atoms with van der Waals surface area (Å²) in [6.07, 6.45) is 4.23. The van der Waals surface area contributed by atoms with Gasteiger partial charge in [-0.15, -0.1) is 0 Å². The molecule has 0 spiro atoms. The zero-order valence-electron chi connectivity index (χ0n) is 8.16. The van der Waals surface area contributed by atoms with E-state index in [2.05, 4.69) is 10.3 Å². The van der Waals surface area contributed by atoms with Crippen LogP contribution in [0.2, 0.25) is 0 Å². The molecule has 0 bridgehead atoms. The zero-order chi connectivity index (χ0) is 10.2. The lowest BCUT2D eigenvalue weighted by atomic mass is 10.2. The molecule has 1 saturated heterocycles. The summed E-state index contributed by atoms with van der Waals surface area (Å²) in [4.78, 5) is 26.2. The summed E-state index contributed by atoms with van der Waals surface area (Å²) in [5.74, 6) is 0. The second-order valence-electron chi connectivity index (χ2n) is 3.25. The van der Waals surface area contributed by atoms with Gasteiger partial charge < -0.3 is 10.2 Å². The first kappa shape index (κ1) is 10.7. The molecule has 1 rings (SSSR count). The van der Waals surface area contributed by atoms with Gasteiger partial charge in [-0.1, -0.05) is 0 Å².